The Morgan fingerprint density at radius 2 is 1.85 bits per heavy atom. The first-order valence-electron chi connectivity index (χ1n) is 8.93. The van der Waals surface area contributed by atoms with Gasteiger partial charge in [-0.2, -0.15) is 0 Å². The number of rotatable bonds is 7. The predicted molar refractivity (Wildman–Crippen MR) is 103 cm³/mol. The maximum Gasteiger partial charge on any atom is 0.258 e. The van der Waals surface area contributed by atoms with E-state index in [1.165, 1.54) is 5.56 Å². The number of hydrogen-bond acceptors (Lipinski definition) is 3. The van der Waals surface area contributed by atoms with Crippen molar-refractivity contribution >= 4 is 16.8 Å². The molecule has 134 valence electrons. The average Bonchev–Trinajstić information content (AvgIpc) is 2.67. The average molecular weight is 349 g/mol. The van der Waals surface area contributed by atoms with Gasteiger partial charge >= 0.3 is 0 Å². The summed E-state index contributed by atoms with van der Waals surface area (Å²) < 4.78 is 0. The first kappa shape index (κ1) is 17.9. The summed E-state index contributed by atoms with van der Waals surface area (Å²) in [6.07, 6.45) is 1.61. The summed E-state index contributed by atoms with van der Waals surface area (Å²) in [6.45, 7) is 2.79. The van der Waals surface area contributed by atoms with Gasteiger partial charge in [0, 0.05) is 19.4 Å². The Bertz CT molecular complexity index is 935. The molecule has 0 radical (unpaired) electrons. The number of hydrogen-bond donors (Lipinski definition) is 2. The van der Waals surface area contributed by atoms with Gasteiger partial charge in [0.2, 0.25) is 5.91 Å². The van der Waals surface area contributed by atoms with Gasteiger partial charge < -0.3 is 10.3 Å². The van der Waals surface area contributed by atoms with Gasteiger partial charge in [-0.05, 0) is 30.0 Å². The van der Waals surface area contributed by atoms with Crippen LogP contribution in [-0.4, -0.2) is 22.4 Å². The van der Waals surface area contributed by atoms with Crippen molar-refractivity contribution in [3.63, 3.8) is 0 Å². The highest BCUT2D eigenvalue weighted by Gasteiger charge is 2.08. The van der Waals surface area contributed by atoms with E-state index in [1.54, 1.807) is 12.1 Å². The maximum atomic E-state index is 12.1. The van der Waals surface area contributed by atoms with E-state index in [-0.39, 0.29) is 11.5 Å². The van der Waals surface area contributed by atoms with Gasteiger partial charge in [-0.25, -0.2) is 4.98 Å². The molecule has 1 atom stereocenters. The minimum Gasteiger partial charge on any atom is -0.356 e. The van der Waals surface area contributed by atoms with E-state index in [0.29, 0.717) is 42.0 Å². The molecule has 1 aromatic heterocycles. The van der Waals surface area contributed by atoms with Crippen LogP contribution in [0.15, 0.2) is 59.4 Å². The first-order chi connectivity index (χ1) is 12.6. The quantitative estimate of drug-likeness (QED) is 0.688. The Morgan fingerprint density at radius 3 is 2.65 bits per heavy atom. The maximum absolute atomic E-state index is 12.1. The molecule has 26 heavy (non-hydrogen) atoms. The summed E-state index contributed by atoms with van der Waals surface area (Å²) in [7, 11) is 0. The number of fused-ring (bicyclic) bond motifs is 1. The molecule has 0 fully saturated rings. The number of amides is 1. The highest BCUT2D eigenvalue weighted by molar-refractivity contribution is 5.78. The number of aromatic nitrogens is 2. The zero-order valence-electron chi connectivity index (χ0n) is 14.9. The summed E-state index contributed by atoms with van der Waals surface area (Å²) in [5.41, 5.74) is 1.77. The van der Waals surface area contributed by atoms with Crippen LogP contribution in [0.1, 0.15) is 37.1 Å². The van der Waals surface area contributed by atoms with Crippen LogP contribution < -0.4 is 10.9 Å². The van der Waals surface area contributed by atoms with Crippen molar-refractivity contribution in [2.45, 2.75) is 32.1 Å². The second-order valence-corrected chi connectivity index (χ2v) is 6.48. The molecule has 0 saturated carbocycles. The number of benzene rings is 2. The van der Waals surface area contributed by atoms with Gasteiger partial charge in [0.1, 0.15) is 5.82 Å². The SMILES string of the molecule is C[C@H](CCNC(=O)CCc1nc2ccccc2c(=O)[nH]1)c1ccccc1. The molecule has 0 bridgehead atoms. The normalized spacial score (nSPS) is 12.0. The minimum absolute atomic E-state index is 0.0268. The second-order valence-electron chi connectivity index (χ2n) is 6.48. The van der Waals surface area contributed by atoms with Crippen molar-refractivity contribution in [1.82, 2.24) is 15.3 Å². The molecule has 1 heterocycles. The molecule has 2 N–H and O–H groups in total. The minimum atomic E-state index is -0.164. The zero-order chi connectivity index (χ0) is 18.4. The van der Waals surface area contributed by atoms with E-state index in [4.69, 9.17) is 0 Å². The first-order valence-corrected chi connectivity index (χ1v) is 8.93. The van der Waals surface area contributed by atoms with Crippen molar-refractivity contribution in [2.24, 2.45) is 0 Å². The van der Waals surface area contributed by atoms with Crippen LogP contribution in [0.4, 0.5) is 0 Å². The number of para-hydroxylation sites is 1. The number of carbonyl (C=O) groups is 1. The number of nitrogens with one attached hydrogen (secondary N) is 2. The molecule has 3 aromatic rings. The molecule has 0 aliphatic heterocycles. The zero-order valence-corrected chi connectivity index (χ0v) is 14.9. The van der Waals surface area contributed by atoms with Crippen LogP contribution in [0, 0.1) is 0 Å². The Balaban J connectivity index is 1.48. The van der Waals surface area contributed by atoms with Gasteiger partial charge in [-0.1, -0.05) is 49.4 Å². The van der Waals surface area contributed by atoms with Gasteiger partial charge in [0.25, 0.3) is 5.56 Å². The lowest BCUT2D eigenvalue weighted by atomic mass is 9.98. The van der Waals surface area contributed by atoms with Gasteiger partial charge in [-0.15, -0.1) is 0 Å². The van der Waals surface area contributed by atoms with E-state index in [1.807, 2.05) is 30.3 Å². The lowest BCUT2D eigenvalue weighted by molar-refractivity contribution is -0.121. The predicted octanol–water partition coefficient (Wildman–Crippen LogP) is 3.17. The van der Waals surface area contributed by atoms with Crippen molar-refractivity contribution in [3.05, 3.63) is 76.3 Å². The largest absolute Gasteiger partial charge is 0.356 e. The van der Waals surface area contributed by atoms with Gasteiger partial charge in [0.05, 0.1) is 10.9 Å². The summed E-state index contributed by atoms with van der Waals surface area (Å²) in [5, 5.41) is 3.51. The van der Waals surface area contributed by atoms with Gasteiger partial charge in [0.15, 0.2) is 0 Å². The smallest absolute Gasteiger partial charge is 0.258 e. The number of nitrogens with zero attached hydrogens (tertiary/aromatic N) is 1. The Kier molecular flexibility index (Phi) is 5.79. The molecule has 0 spiro atoms. The van der Waals surface area contributed by atoms with Crippen LogP contribution in [0.2, 0.25) is 0 Å². The third-order valence-corrected chi connectivity index (χ3v) is 4.52. The Morgan fingerprint density at radius 1 is 1.12 bits per heavy atom. The molecule has 0 saturated heterocycles. The molecular formula is C21H23N3O2. The number of aromatic amines is 1. The molecule has 2 aromatic carbocycles. The van der Waals surface area contributed by atoms with Crippen LogP contribution in [0.25, 0.3) is 10.9 Å². The van der Waals surface area contributed by atoms with E-state index in [2.05, 4.69) is 34.3 Å². The third kappa shape index (κ3) is 4.57. The van der Waals surface area contributed by atoms with Gasteiger partial charge in [-0.3, -0.25) is 9.59 Å². The molecule has 3 rings (SSSR count). The van der Waals surface area contributed by atoms with Crippen molar-refractivity contribution in [2.75, 3.05) is 6.54 Å². The molecule has 5 heteroatoms. The Hall–Kier alpha value is -2.95. The van der Waals surface area contributed by atoms with Crippen molar-refractivity contribution in [1.29, 1.82) is 0 Å². The van der Waals surface area contributed by atoms with E-state index in [0.717, 1.165) is 6.42 Å². The highest BCUT2D eigenvalue weighted by Crippen LogP contribution is 2.17. The van der Waals surface area contributed by atoms with Crippen LogP contribution in [-0.2, 0) is 11.2 Å². The summed E-state index contributed by atoms with van der Waals surface area (Å²) in [5.74, 6) is 0.914. The second kappa shape index (κ2) is 8.43. The number of carbonyl (C=O) groups excluding carboxylic acids is 1. The standard InChI is InChI=1S/C21H23N3O2/c1-15(16-7-3-2-4-8-16)13-14-22-20(25)12-11-19-23-18-10-6-5-9-17(18)21(26)24-19/h2-10,15H,11-14H2,1H3,(H,22,25)(H,23,24,26)/t15-/m1/s1. The fourth-order valence-corrected chi connectivity index (χ4v) is 2.95. The van der Waals surface area contributed by atoms with Crippen LogP contribution in [0.5, 0.6) is 0 Å². The molecule has 0 unspecified atom stereocenters. The fraction of sp³-hybridized carbons (Fsp3) is 0.286. The number of H-pyrrole nitrogens is 1. The highest BCUT2D eigenvalue weighted by atomic mass is 16.1. The Labute approximate surface area is 152 Å². The summed E-state index contributed by atoms with van der Waals surface area (Å²) >= 11 is 0. The molecule has 5 nitrogen and oxygen atoms in total. The summed E-state index contributed by atoms with van der Waals surface area (Å²) in [6, 6.07) is 17.5. The fourth-order valence-electron chi connectivity index (χ4n) is 2.95. The summed E-state index contributed by atoms with van der Waals surface area (Å²) in [4.78, 5) is 31.3. The van der Waals surface area contributed by atoms with E-state index < -0.39 is 0 Å². The molecule has 0 aliphatic rings. The lowest BCUT2D eigenvalue weighted by Crippen LogP contribution is -2.26. The molecule has 0 aliphatic carbocycles. The topological polar surface area (TPSA) is 74.8 Å². The molecular weight excluding hydrogens is 326 g/mol. The van der Waals surface area contributed by atoms with Crippen molar-refractivity contribution in [3.8, 4) is 0 Å². The monoisotopic (exact) mass is 349 g/mol. The number of aryl methyl sites for hydroxylation is 1. The van der Waals surface area contributed by atoms with Crippen LogP contribution >= 0.6 is 0 Å². The van der Waals surface area contributed by atoms with Crippen LogP contribution in [0.3, 0.4) is 0 Å². The lowest BCUT2D eigenvalue weighted by Gasteiger charge is -2.12. The van der Waals surface area contributed by atoms with E-state index in [9.17, 15) is 9.59 Å². The third-order valence-electron chi connectivity index (χ3n) is 4.52. The van der Waals surface area contributed by atoms with Crippen molar-refractivity contribution < 1.29 is 4.79 Å². The van der Waals surface area contributed by atoms with E-state index >= 15 is 0 Å². The molecule has 1 amide bonds.